The molecule has 3 rings (SSSR count). The molecule has 0 spiro atoms. The molecule has 7 nitrogen and oxygen atoms in total. The van der Waals surface area contributed by atoms with Crippen LogP contribution in [-0.2, 0) is 9.47 Å². The lowest BCUT2D eigenvalue weighted by Gasteiger charge is -2.15. The van der Waals surface area contributed by atoms with E-state index in [-0.39, 0.29) is 5.92 Å². The third kappa shape index (κ3) is 2.99. The molecule has 1 aromatic heterocycles. The van der Waals surface area contributed by atoms with Crippen molar-refractivity contribution < 1.29 is 24.1 Å². The van der Waals surface area contributed by atoms with Gasteiger partial charge in [0.25, 0.3) is 0 Å². The van der Waals surface area contributed by atoms with Gasteiger partial charge in [0.1, 0.15) is 11.3 Å². The average Bonchev–Trinajstić information content (AvgIpc) is 2.72. The largest absolute Gasteiger partial charge is 0.494 e. The van der Waals surface area contributed by atoms with E-state index in [0.29, 0.717) is 42.8 Å². The minimum atomic E-state index is -1.14. The van der Waals surface area contributed by atoms with Crippen LogP contribution in [0.3, 0.4) is 0 Å². The summed E-state index contributed by atoms with van der Waals surface area (Å²) in [5.41, 5.74) is 1.69. The summed E-state index contributed by atoms with van der Waals surface area (Å²) < 4.78 is 17.3. The number of ether oxygens (including phenoxy) is 3. The molecule has 1 amide bonds. The molecule has 22 heavy (non-hydrogen) atoms. The van der Waals surface area contributed by atoms with Crippen LogP contribution in [0.15, 0.2) is 12.1 Å². The molecular weight excluding hydrogens is 308 g/mol. The van der Waals surface area contributed by atoms with Gasteiger partial charge in [0, 0.05) is 5.92 Å². The first kappa shape index (κ1) is 15.0. The van der Waals surface area contributed by atoms with E-state index in [1.807, 2.05) is 12.1 Å². The highest BCUT2D eigenvalue weighted by Crippen LogP contribution is 2.38. The van der Waals surface area contributed by atoms with Gasteiger partial charge in [0.05, 0.1) is 38.2 Å². The fourth-order valence-corrected chi connectivity index (χ4v) is 3.49. The highest BCUT2D eigenvalue weighted by molar-refractivity contribution is 7.22. The molecule has 8 heteroatoms. The van der Waals surface area contributed by atoms with E-state index >= 15 is 0 Å². The van der Waals surface area contributed by atoms with E-state index < -0.39 is 6.09 Å². The molecule has 0 aliphatic carbocycles. The molecule has 1 saturated heterocycles. The number of nitrogens with zero attached hydrogens (tertiary/aromatic N) is 1. The van der Waals surface area contributed by atoms with E-state index in [0.717, 1.165) is 10.3 Å². The number of hydrogen-bond acceptors (Lipinski definition) is 6. The second kappa shape index (κ2) is 6.47. The Balaban J connectivity index is 2.05. The van der Waals surface area contributed by atoms with E-state index in [1.54, 1.807) is 7.11 Å². The molecule has 2 N–H and O–H groups in total. The standard InChI is InChI=1S/C14H16N2O5S/c1-19-10-3-2-9(8-6-20-4-5-21-7-8)12-11(10)15-13(22-12)16-14(17)18/h2-3,8H,4-7H2,1H3,(H,15,16)(H,17,18). The normalized spacial score (nSPS) is 16.4. The number of rotatable bonds is 3. The number of nitrogens with one attached hydrogen (secondary N) is 1. The molecule has 0 radical (unpaired) electrons. The van der Waals surface area contributed by atoms with Crippen molar-refractivity contribution in [3.8, 4) is 5.75 Å². The molecular formula is C14H16N2O5S. The zero-order valence-corrected chi connectivity index (χ0v) is 12.8. The van der Waals surface area contributed by atoms with Crippen LogP contribution in [0.4, 0.5) is 9.93 Å². The maximum atomic E-state index is 10.8. The predicted octanol–water partition coefficient (Wildman–Crippen LogP) is 2.53. The molecule has 118 valence electrons. The first-order chi connectivity index (χ1) is 10.7. The van der Waals surface area contributed by atoms with Gasteiger partial charge in [-0.1, -0.05) is 17.4 Å². The molecule has 2 aromatic rings. The van der Waals surface area contributed by atoms with Crippen LogP contribution >= 0.6 is 11.3 Å². The molecule has 1 aliphatic heterocycles. The molecule has 1 fully saturated rings. The van der Waals surface area contributed by atoms with Crippen molar-refractivity contribution in [3.63, 3.8) is 0 Å². The van der Waals surface area contributed by atoms with Gasteiger partial charge in [-0.25, -0.2) is 9.78 Å². The van der Waals surface area contributed by atoms with Gasteiger partial charge < -0.3 is 19.3 Å². The second-order valence-corrected chi connectivity index (χ2v) is 5.83. The zero-order chi connectivity index (χ0) is 15.5. The van der Waals surface area contributed by atoms with Gasteiger partial charge in [0.2, 0.25) is 0 Å². The Morgan fingerprint density at radius 1 is 1.41 bits per heavy atom. The lowest BCUT2D eigenvalue weighted by atomic mass is 10.0. The lowest BCUT2D eigenvalue weighted by molar-refractivity contribution is 0.103. The number of carboxylic acid groups (broad SMARTS) is 1. The van der Waals surface area contributed by atoms with E-state index in [1.165, 1.54) is 11.3 Å². The number of benzene rings is 1. The molecule has 0 unspecified atom stereocenters. The third-order valence-corrected chi connectivity index (χ3v) is 4.44. The summed E-state index contributed by atoms with van der Waals surface area (Å²) in [4.78, 5) is 15.1. The quantitative estimate of drug-likeness (QED) is 0.902. The van der Waals surface area contributed by atoms with Crippen LogP contribution in [0, 0.1) is 0 Å². The van der Waals surface area contributed by atoms with Gasteiger partial charge in [-0.05, 0) is 11.6 Å². The molecule has 1 aromatic carbocycles. The number of anilines is 1. The van der Waals surface area contributed by atoms with Crippen LogP contribution in [0.2, 0.25) is 0 Å². The molecule has 0 atom stereocenters. The summed E-state index contributed by atoms with van der Waals surface area (Å²) in [6.07, 6.45) is -1.14. The second-order valence-electron chi connectivity index (χ2n) is 4.83. The van der Waals surface area contributed by atoms with E-state index in [4.69, 9.17) is 19.3 Å². The number of hydrogen-bond donors (Lipinski definition) is 2. The summed E-state index contributed by atoms with van der Waals surface area (Å²) in [6, 6.07) is 3.80. The number of aromatic nitrogens is 1. The minimum Gasteiger partial charge on any atom is -0.494 e. The Bertz CT molecular complexity index is 679. The van der Waals surface area contributed by atoms with Crippen molar-refractivity contribution in [2.45, 2.75) is 5.92 Å². The monoisotopic (exact) mass is 324 g/mol. The molecule has 0 bridgehead atoms. The molecule has 0 saturated carbocycles. The number of amides is 1. The van der Waals surface area contributed by atoms with Crippen molar-refractivity contribution in [1.82, 2.24) is 4.98 Å². The topological polar surface area (TPSA) is 89.9 Å². The van der Waals surface area contributed by atoms with Gasteiger partial charge in [-0.15, -0.1) is 0 Å². The van der Waals surface area contributed by atoms with Gasteiger partial charge in [0.15, 0.2) is 5.13 Å². The summed E-state index contributed by atoms with van der Waals surface area (Å²) in [5, 5.41) is 11.5. The number of fused-ring (bicyclic) bond motifs is 1. The van der Waals surface area contributed by atoms with Crippen molar-refractivity contribution in [2.75, 3.05) is 38.9 Å². The van der Waals surface area contributed by atoms with Crippen LogP contribution < -0.4 is 10.1 Å². The summed E-state index contributed by atoms with van der Waals surface area (Å²) in [5.74, 6) is 0.706. The van der Waals surface area contributed by atoms with Crippen molar-refractivity contribution in [1.29, 1.82) is 0 Å². The van der Waals surface area contributed by atoms with Crippen LogP contribution in [-0.4, -0.2) is 49.7 Å². The SMILES string of the molecule is COc1ccc(C2COCCOC2)c2sc(NC(=O)O)nc12. The Labute approximate surface area is 130 Å². The highest BCUT2D eigenvalue weighted by Gasteiger charge is 2.22. The molecule has 2 heterocycles. The van der Waals surface area contributed by atoms with E-state index in [2.05, 4.69) is 10.3 Å². The predicted molar refractivity (Wildman–Crippen MR) is 82.2 cm³/mol. The average molecular weight is 324 g/mol. The van der Waals surface area contributed by atoms with Gasteiger partial charge in [-0.3, -0.25) is 5.32 Å². The number of thiazole rings is 1. The first-order valence-corrected chi connectivity index (χ1v) is 7.63. The highest BCUT2D eigenvalue weighted by atomic mass is 32.1. The summed E-state index contributed by atoms with van der Waals surface area (Å²) in [7, 11) is 1.57. The fraction of sp³-hybridized carbons (Fsp3) is 0.429. The first-order valence-electron chi connectivity index (χ1n) is 6.82. The smallest absolute Gasteiger partial charge is 0.410 e. The van der Waals surface area contributed by atoms with Gasteiger partial charge in [-0.2, -0.15) is 0 Å². The lowest BCUT2D eigenvalue weighted by Crippen LogP contribution is -2.10. The maximum Gasteiger partial charge on any atom is 0.410 e. The van der Waals surface area contributed by atoms with Crippen molar-refractivity contribution >= 4 is 32.8 Å². The van der Waals surface area contributed by atoms with Gasteiger partial charge >= 0.3 is 6.09 Å². The fourth-order valence-electron chi connectivity index (χ4n) is 2.43. The minimum absolute atomic E-state index is 0.0917. The number of carbonyl (C=O) groups is 1. The van der Waals surface area contributed by atoms with Crippen LogP contribution in [0.1, 0.15) is 11.5 Å². The Hall–Kier alpha value is -1.90. The van der Waals surface area contributed by atoms with Crippen LogP contribution in [0.25, 0.3) is 10.2 Å². The van der Waals surface area contributed by atoms with E-state index in [9.17, 15) is 4.79 Å². The third-order valence-electron chi connectivity index (χ3n) is 3.42. The maximum absolute atomic E-state index is 10.8. The van der Waals surface area contributed by atoms with Crippen molar-refractivity contribution in [3.05, 3.63) is 17.7 Å². The Morgan fingerprint density at radius 3 is 2.77 bits per heavy atom. The number of methoxy groups -OCH3 is 1. The Kier molecular flexibility index (Phi) is 4.41. The zero-order valence-electron chi connectivity index (χ0n) is 12.0. The van der Waals surface area contributed by atoms with Crippen LogP contribution in [0.5, 0.6) is 5.75 Å². The Morgan fingerprint density at radius 2 is 2.14 bits per heavy atom. The summed E-state index contributed by atoms with van der Waals surface area (Å²) in [6.45, 7) is 2.32. The summed E-state index contributed by atoms with van der Waals surface area (Å²) >= 11 is 1.29. The molecule has 1 aliphatic rings. The van der Waals surface area contributed by atoms with Crippen molar-refractivity contribution in [2.24, 2.45) is 0 Å².